The molecule has 0 bridgehead atoms. The van der Waals surface area contributed by atoms with Crippen LogP contribution in [0.4, 0.5) is 0 Å². The molecule has 0 spiro atoms. The van der Waals surface area contributed by atoms with Crippen molar-refractivity contribution in [1.29, 1.82) is 0 Å². The number of benzene rings is 2. The second-order valence-electron chi connectivity index (χ2n) is 4.05. The van der Waals surface area contributed by atoms with E-state index in [1.807, 2.05) is 30.3 Å². The Hall–Kier alpha value is -2.37. The summed E-state index contributed by atoms with van der Waals surface area (Å²) in [4.78, 5) is 12.1. The van der Waals surface area contributed by atoms with Crippen LogP contribution in [-0.2, 0) is 0 Å². The van der Waals surface area contributed by atoms with Crippen LogP contribution in [0.15, 0.2) is 54.6 Å². The number of carbonyl (C=O) groups is 1. The molecule has 0 aliphatic carbocycles. The van der Waals surface area contributed by atoms with Crippen molar-refractivity contribution in [2.24, 2.45) is 0 Å². The number of hydrogen-bond donors (Lipinski definition) is 1. The van der Waals surface area contributed by atoms with Crippen molar-refractivity contribution in [2.75, 3.05) is 6.61 Å². The minimum absolute atomic E-state index is 0.00969. The van der Waals surface area contributed by atoms with Crippen LogP contribution in [0.25, 0.3) is 0 Å². The number of carbonyl (C=O) groups excluding carboxylic acids is 1. The molecule has 2 heteroatoms. The van der Waals surface area contributed by atoms with Crippen LogP contribution < -0.4 is 0 Å². The smallest absolute Gasteiger partial charge is 0.193 e. The Morgan fingerprint density at radius 3 is 2.21 bits per heavy atom. The highest BCUT2D eigenvalue weighted by atomic mass is 16.2. The molecule has 0 amide bonds. The molecule has 0 aliphatic rings. The van der Waals surface area contributed by atoms with Gasteiger partial charge in [-0.1, -0.05) is 42.2 Å². The highest BCUT2D eigenvalue weighted by Crippen LogP contribution is 2.10. The van der Waals surface area contributed by atoms with Crippen molar-refractivity contribution >= 4 is 5.78 Å². The second kappa shape index (κ2) is 6.53. The highest BCUT2D eigenvalue weighted by molar-refractivity contribution is 6.08. The van der Waals surface area contributed by atoms with Crippen molar-refractivity contribution < 1.29 is 9.90 Å². The maximum atomic E-state index is 12.1. The van der Waals surface area contributed by atoms with Crippen LogP contribution in [0.5, 0.6) is 0 Å². The Morgan fingerprint density at radius 2 is 1.58 bits per heavy atom. The lowest BCUT2D eigenvalue weighted by molar-refractivity contribution is 0.103. The summed E-state index contributed by atoms with van der Waals surface area (Å²) in [5.74, 6) is 5.79. The van der Waals surface area contributed by atoms with Crippen molar-refractivity contribution in [2.45, 2.75) is 6.42 Å². The van der Waals surface area contributed by atoms with Gasteiger partial charge < -0.3 is 5.11 Å². The molecule has 1 N–H and O–H groups in total. The Morgan fingerprint density at radius 1 is 0.947 bits per heavy atom. The van der Waals surface area contributed by atoms with Gasteiger partial charge in [-0.25, -0.2) is 0 Å². The molecule has 0 atom stereocenters. The summed E-state index contributed by atoms with van der Waals surface area (Å²) < 4.78 is 0. The summed E-state index contributed by atoms with van der Waals surface area (Å²) in [5.41, 5.74) is 2.18. The van der Waals surface area contributed by atoms with Gasteiger partial charge in [0.1, 0.15) is 0 Å². The Kier molecular flexibility index (Phi) is 4.49. The van der Waals surface area contributed by atoms with Crippen LogP contribution in [-0.4, -0.2) is 17.5 Å². The molecular weight excluding hydrogens is 236 g/mol. The highest BCUT2D eigenvalue weighted by Gasteiger charge is 2.07. The summed E-state index contributed by atoms with van der Waals surface area (Å²) in [6.07, 6.45) is 0.463. The van der Waals surface area contributed by atoms with Crippen LogP contribution in [0, 0.1) is 11.8 Å². The first kappa shape index (κ1) is 13.1. The maximum Gasteiger partial charge on any atom is 0.193 e. The van der Waals surface area contributed by atoms with E-state index in [1.165, 1.54) is 0 Å². The summed E-state index contributed by atoms with van der Waals surface area (Å²) in [7, 11) is 0. The summed E-state index contributed by atoms with van der Waals surface area (Å²) in [5, 5.41) is 8.64. The number of hydrogen-bond acceptors (Lipinski definition) is 2. The van der Waals surface area contributed by atoms with Gasteiger partial charge in [-0.3, -0.25) is 4.79 Å². The van der Waals surface area contributed by atoms with Gasteiger partial charge in [-0.15, -0.1) is 0 Å². The fourth-order valence-electron chi connectivity index (χ4n) is 1.68. The van der Waals surface area contributed by atoms with Gasteiger partial charge in [0.2, 0.25) is 0 Å². The summed E-state index contributed by atoms with van der Waals surface area (Å²) >= 11 is 0. The molecular formula is C17H14O2. The number of aliphatic hydroxyl groups excluding tert-OH is 1. The van der Waals surface area contributed by atoms with E-state index in [0.29, 0.717) is 17.5 Å². The molecule has 0 heterocycles. The zero-order chi connectivity index (χ0) is 13.5. The zero-order valence-corrected chi connectivity index (χ0v) is 10.5. The lowest BCUT2D eigenvalue weighted by atomic mass is 10.0. The zero-order valence-electron chi connectivity index (χ0n) is 10.5. The lowest BCUT2D eigenvalue weighted by Gasteiger charge is -2.00. The van der Waals surface area contributed by atoms with Crippen LogP contribution in [0.2, 0.25) is 0 Å². The third-order valence-electron chi connectivity index (χ3n) is 2.65. The average molecular weight is 250 g/mol. The van der Waals surface area contributed by atoms with E-state index in [2.05, 4.69) is 11.8 Å². The van der Waals surface area contributed by atoms with Crippen LogP contribution in [0.1, 0.15) is 27.9 Å². The van der Waals surface area contributed by atoms with E-state index in [9.17, 15) is 4.79 Å². The standard InChI is InChI=1S/C17H14O2/c18-13-5-4-6-14-9-11-16(12-10-14)17(19)15-7-2-1-3-8-15/h1-3,7-12,18H,5,13H2. The van der Waals surface area contributed by atoms with E-state index in [0.717, 1.165) is 5.56 Å². The van der Waals surface area contributed by atoms with E-state index >= 15 is 0 Å². The molecule has 0 aromatic heterocycles. The lowest BCUT2D eigenvalue weighted by Crippen LogP contribution is -2.00. The Labute approximate surface area is 112 Å². The van der Waals surface area contributed by atoms with Gasteiger partial charge >= 0.3 is 0 Å². The van der Waals surface area contributed by atoms with Gasteiger partial charge in [0.15, 0.2) is 5.78 Å². The molecule has 19 heavy (non-hydrogen) atoms. The van der Waals surface area contributed by atoms with E-state index in [1.54, 1.807) is 24.3 Å². The number of ketones is 1. The molecule has 2 aromatic carbocycles. The molecule has 2 aromatic rings. The normalized spacial score (nSPS) is 9.53. The van der Waals surface area contributed by atoms with Gasteiger partial charge in [0.25, 0.3) is 0 Å². The van der Waals surface area contributed by atoms with Crippen LogP contribution >= 0.6 is 0 Å². The largest absolute Gasteiger partial charge is 0.395 e. The third-order valence-corrected chi connectivity index (χ3v) is 2.65. The fraction of sp³-hybridized carbons (Fsp3) is 0.118. The maximum absolute atomic E-state index is 12.1. The minimum atomic E-state index is 0.00969. The number of aliphatic hydroxyl groups is 1. The summed E-state index contributed by atoms with van der Waals surface area (Å²) in [6.45, 7) is 0.0670. The minimum Gasteiger partial charge on any atom is -0.395 e. The van der Waals surface area contributed by atoms with E-state index in [-0.39, 0.29) is 12.4 Å². The Bertz CT molecular complexity index is 601. The molecule has 0 saturated carbocycles. The molecule has 0 fully saturated rings. The van der Waals surface area contributed by atoms with E-state index in [4.69, 9.17) is 5.11 Å². The second-order valence-corrected chi connectivity index (χ2v) is 4.05. The van der Waals surface area contributed by atoms with Gasteiger partial charge in [0.05, 0.1) is 6.61 Å². The number of rotatable bonds is 3. The average Bonchev–Trinajstić information content (AvgIpc) is 2.48. The Balaban J connectivity index is 2.15. The van der Waals surface area contributed by atoms with Gasteiger partial charge in [-0.05, 0) is 24.3 Å². The molecule has 2 nitrogen and oxygen atoms in total. The van der Waals surface area contributed by atoms with E-state index < -0.39 is 0 Å². The molecule has 0 aliphatic heterocycles. The van der Waals surface area contributed by atoms with Gasteiger partial charge in [-0.2, -0.15) is 0 Å². The topological polar surface area (TPSA) is 37.3 Å². The first-order valence-electron chi connectivity index (χ1n) is 6.11. The molecule has 0 radical (unpaired) electrons. The molecule has 2 rings (SSSR count). The molecule has 94 valence electrons. The van der Waals surface area contributed by atoms with Crippen molar-refractivity contribution in [3.8, 4) is 11.8 Å². The summed E-state index contributed by atoms with van der Waals surface area (Å²) in [6, 6.07) is 16.4. The van der Waals surface area contributed by atoms with Crippen molar-refractivity contribution in [1.82, 2.24) is 0 Å². The first-order chi connectivity index (χ1) is 9.31. The predicted molar refractivity (Wildman–Crippen MR) is 74.9 cm³/mol. The van der Waals surface area contributed by atoms with Crippen LogP contribution in [0.3, 0.4) is 0 Å². The molecule has 0 saturated heterocycles. The third kappa shape index (κ3) is 3.54. The first-order valence-corrected chi connectivity index (χ1v) is 6.11. The van der Waals surface area contributed by atoms with Crippen molar-refractivity contribution in [3.63, 3.8) is 0 Å². The quantitative estimate of drug-likeness (QED) is 0.671. The van der Waals surface area contributed by atoms with Crippen molar-refractivity contribution in [3.05, 3.63) is 71.3 Å². The molecule has 0 unspecified atom stereocenters. The fourth-order valence-corrected chi connectivity index (χ4v) is 1.68. The SMILES string of the molecule is O=C(c1ccccc1)c1ccc(C#CCCO)cc1. The predicted octanol–water partition coefficient (Wildman–Crippen LogP) is 2.65. The monoisotopic (exact) mass is 250 g/mol. The van der Waals surface area contributed by atoms with Gasteiger partial charge in [0, 0.05) is 23.1 Å².